The second kappa shape index (κ2) is 8.89. The average molecular weight is 471 g/mol. The van der Waals surface area contributed by atoms with Gasteiger partial charge in [-0.1, -0.05) is 24.3 Å². The zero-order chi connectivity index (χ0) is 17.0. The molecule has 0 amide bonds. The van der Waals surface area contributed by atoms with Gasteiger partial charge in [0.2, 0.25) is 0 Å². The smallest absolute Gasteiger partial charge is 0.192 e. The fourth-order valence-electron chi connectivity index (χ4n) is 2.98. The number of hydrogen-bond acceptors (Lipinski definition) is 3. The Morgan fingerprint density at radius 2 is 2.08 bits per heavy atom. The highest BCUT2D eigenvalue weighted by Crippen LogP contribution is 2.39. The van der Waals surface area contributed by atoms with Gasteiger partial charge >= 0.3 is 0 Å². The molecule has 6 heteroatoms. The summed E-state index contributed by atoms with van der Waals surface area (Å²) in [5.74, 6) is 1.81. The van der Waals surface area contributed by atoms with Gasteiger partial charge in [0.25, 0.3) is 0 Å². The van der Waals surface area contributed by atoms with Gasteiger partial charge in [0.05, 0.1) is 12.6 Å². The van der Waals surface area contributed by atoms with Crippen LogP contribution in [0.1, 0.15) is 43.7 Å². The summed E-state index contributed by atoms with van der Waals surface area (Å²) < 4.78 is 6.11. The van der Waals surface area contributed by atoms with Gasteiger partial charge < -0.3 is 15.4 Å². The van der Waals surface area contributed by atoms with Crippen LogP contribution in [0.15, 0.2) is 46.8 Å². The van der Waals surface area contributed by atoms with Crippen LogP contribution in [0.25, 0.3) is 0 Å². The summed E-state index contributed by atoms with van der Waals surface area (Å²) in [4.78, 5) is 6.00. The van der Waals surface area contributed by atoms with Crippen LogP contribution in [0.4, 0.5) is 0 Å². The Kier molecular flexibility index (Phi) is 7.13. The molecule has 1 aromatic heterocycles. The minimum Gasteiger partial charge on any atom is -0.487 e. The Morgan fingerprint density at radius 1 is 1.28 bits per heavy atom. The first-order chi connectivity index (χ1) is 11.6. The number of thiophene rings is 1. The molecule has 1 aliphatic rings. The number of nitrogens with zero attached hydrogens (tertiary/aromatic N) is 1. The zero-order valence-corrected chi connectivity index (χ0v) is 18.1. The van der Waals surface area contributed by atoms with Gasteiger partial charge in [0.1, 0.15) is 11.4 Å². The van der Waals surface area contributed by atoms with Crippen molar-refractivity contribution in [2.24, 2.45) is 4.99 Å². The molecular weight excluding hydrogens is 445 g/mol. The Labute approximate surface area is 171 Å². The summed E-state index contributed by atoms with van der Waals surface area (Å²) in [5, 5.41) is 9.03. The molecule has 2 heterocycles. The quantitative estimate of drug-likeness (QED) is 0.385. The molecule has 0 aliphatic carbocycles. The minimum atomic E-state index is -0.197. The maximum atomic E-state index is 6.11. The van der Waals surface area contributed by atoms with Crippen molar-refractivity contribution in [2.75, 3.05) is 6.54 Å². The maximum absolute atomic E-state index is 6.11. The summed E-state index contributed by atoms with van der Waals surface area (Å²) in [5.41, 5.74) is 0.996. The van der Waals surface area contributed by atoms with Crippen molar-refractivity contribution >= 4 is 41.3 Å². The third kappa shape index (κ3) is 5.34. The molecule has 0 fully saturated rings. The summed E-state index contributed by atoms with van der Waals surface area (Å²) >= 11 is 1.73. The number of aliphatic imine (C=N–C) groups is 1. The Balaban J connectivity index is 0.00000225. The lowest BCUT2D eigenvalue weighted by molar-refractivity contribution is 0.0694. The lowest BCUT2D eigenvalue weighted by atomic mass is 9.90. The molecule has 0 spiro atoms. The van der Waals surface area contributed by atoms with Crippen molar-refractivity contribution in [3.05, 3.63) is 52.2 Å². The number of fused-ring (bicyclic) bond motifs is 1. The van der Waals surface area contributed by atoms with Gasteiger partial charge in [0.15, 0.2) is 5.96 Å². The molecule has 0 saturated heterocycles. The molecule has 1 aromatic carbocycles. The molecule has 1 aliphatic heterocycles. The van der Waals surface area contributed by atoms with E-state index in [-0.39, 0.29) is 35.6 Å². The molecule has 4 nitrogen and oxygen atoms in total. The molecule has 0 bridgehead atoms. The highest BCUT2D eigenvalue weighted by atomic mass is 127. The Hall–Kier alpha value is -1.28. The van der Waals surface area contributed by atoms with E-state index in [9.17, 15) is 0 Å². The fraction of sp³-hybridized carbons (Fsp3) is 0.421. The normalized spacial score (nSPS) is 18.5. The predicted octanol–water partition coefficient (Wildman–Crippen LogP) is 4.72. The summed E-state index contributed by atoms with van der Waals surface area (Å²) in [7, 11) is 0. The van der Waals surface area contributed by atoms with Crippen LogP contribution in [0.5, 0.6) is 5.75 Å². The van der Waals surface area contributed by atoms with Gasteiger partial charge in [-0.15, -0.1) is 35.3 Å². The predicted molar refractivity (Wildman–Crippen MR) is 116 cm³/mol. The van der Waals surface area contributed by atoms with Gasteiger partial charge in [-0.25, -0.2) is 4.99 Å². The van der Waals surface area contributed by atoms with E-state index < -0.39 is 0 Å². The van der Waals surface area contributed by atoms with Crippen molar-refractivity contribution in [2.45, 2.75) is 45.4 Å². The molecule has 136 valence electrons. The van der Waals surface area contributed by atoms with Crippen molar-refractivity contribution in [1.29, 1.82) is 0 Å². The van der Waals surface area contributed by atoms with Crippen LogP contribution >= 0.6 is 35.3 Å². The summed E-state index contributed by atoms with van der Waals surface area (Å²) in [6, 6.07) is 12.6. The molecule has 2 N–H and O–H groups in total. The third-order valence-corrected chi connectivity index (χ3v) is 4.87. The van der Waals surface area contributed by atoms with E-state index in [1.165, 1.54) is 10.4 Å². The number of hydrogen-bond donors (Lipinski definition) is 2. The van der Waals surface area contributed by atoms with E-state index >= 15 is 0 Å². The molecule has 25 heavy (non-hydrogen) atoms. The van der Waals surface area contributed by atoms with Crippen LogP contribution in [-0.2, 0) is 6.54 Å². The lowest BCUT2D eigenvalue weighted by Crippen LogP contribution is -2.45. The standard InChI is InChI=1S/C19H25N3OS.HI/c1-4-20-18(21-13-14-8-7-11-24-14)22-16-12-19(2,3)23-17-10-6-5-9-15(16)17;/h5-11,16H,4,12-13H2,1-3H3,(H2,20,21,22);1H. The highest BCUT2D eigenvalue weighted by Gasteiger charge is 2.33. The Bertz CT molecular complexity index is 700. The second-order valence-corrected chi connectivity index (χ2v) is 7.61. The van der Waals surface area contributed by atoms with E-state index in [4.69, 9.17) is 9.73 Å². The molecule has 2 aromatic rings. The molecule has 1 atom stereocenters. The van der Waals surface area contributed by atoms with Crippen LogP contribution in [0.2, 0.25) is 0 Å². The van der Waals surface area contributed by atoms with Gasteiger partial charge in [-0.3, -0.25) is 0 Å². The SMILES string of the molecule is CCNC(=NCc1cccs1)NC1CC(C)(C)Oc2ccccc21.I. The number of para-hydroxylation sites is 1. The van der Waals surface area contributed by atoms with E-state index in [0.29, 0.717) is 6.54 Å². The zero-order valence-electron chi connectivity index (χ0n) is 14.9. The number of guanidine groups is 1. The summed E-state index contributed by atoms with van der Waals surface area (Å²) in [6.07, 6.45) is 0.896. The van der Waals surface area contributed by atoms with Crippen molar-refractivity contribution < 1.29 is 4.74 Å². The first-order valence-electron chi connectivity index (χ1n) is 8.42. The molecular formula is C19H26IN3OS. The first kappa shape index (κ1) is 20.0. The number of rotatable bonds is 4. The highest BCUT2D eigenvalue weighted by molar-refractivity contribution is 14.0. The number of nitrogens with one attached hydrogen (secondary N) is 2. The second-order valence-electron chi connectivity index (χ2n) is 6.58. The van der Waals surface area contributed by atoms with Crippen molar-refractivity contribution in [3.8, 4) is 5.75 Å². The molecule has 0 radical (unpaired) electrons. The minimum absolute atomic E-state index is 0. The van der Waals surface area contributed by atoms with Crippen molar-refractivity contribution in [3.63, 3.8) is 0 Å². The largest absolute Gasteiger partial charge is 0.487 e. The van der Waals surface area contributed by atoms with Crippen LogP contribution in [0, 0.1) is 0 Å². The van der Waals surface area contributed by atoms with E-state index in [1.807, 2.05) is 12.1 Å². The number of ether oxygens (including phenoxy) is 1. The van der Waals surface area contributed by atoms with E-state index in [2.05, 4.69) is 61.1 Å². The van der Waals surface area contributed by atoms with Gasteiger partial charge in [0, 0.05) is 23.4 Å². The molecule has 1 unspecified atom stereocenters. The Morgan fingerprint density at radius 3 is 2.80 bits per heavy atom. The topological polar surface area (TPSA) is 45.7 Å². The van der Waals surface area contributed by atoms with E-state index in [0.717, 1.165) is 24.7 Å². The number of halogens is 1. The first-order valence-corrected chi connectivity index (χ1v) is 9.30. The number of benzene rings is 1. The van der Waals surface area contributed by atoms with E-state index in [1.54, 1.807) is 11.3 Å². The van der Waals surface area contributed by atoms with Gasteiger partial charge in [-0.2, -0.15) is 0 Å². The van der Waals surface area contributed by atoms with Crippen LogP contribution in [-0.4, -0.2) is 18.1 Å². The lowest BCUT2D eigenvalue weighted by Gasteiger charge is -2.38. The molecule has 3 rings (SSSR count). The fourth-order valence-corrected chi connectivity index (χ4v) is 3.60. The maximum Gasteiger partial charge on any atom is 0.192 e. The third-order valence-electron chi connectivity index (χ3n) is 4.00. The van der Waals surface area contributed by atoms with Crippen molar-refractivity contribution in [1.82, 2.24) is 10.6 Å². The monoisotopic (exact) mass is 471 g/mol. The van der Waals surface area contributed by atoms with Crippen LogP contribution in [0.3, 0.4) is 0 Å². The van der Waals surface area contributed by atoms with Crippen LogP contribution < -0.4 is 15.4 Å². The summed E-state index contributed by atoms with van der Waals surface area (Å²) in [6.45, 7) is 7.89. The van der Waals surface area contributed by atoms with Gasteiger partial charge in [-0.05, 0) is 38.3 Å². The molecule has 0 saturated carbocycles. The average Bonchev–Trinajstić information content (AvgIpc) is 3.05.